The summed E-state index contributed by atoms with van der Waals surface area (Å²) in [6.45, 7) is 4.72. The van der Waals surface area contributed by atoms with Crippen LogP contribution in [-0.4, -0.2) is 15.5 Å². The Hall–Kier alpha value is -1.10. The smallest absolute Gasteiger partial charge is 0.219 e. The summed E-state index contributed by atoms with van der Waals surface area (Å²) in [6, 6.07) is 0. The van der Waals surface area contributed by atoms with Gasteiger partial charge in [-0.2, -0.15) is 0 Å². The van der Waals surface area contributed by atoms with Crippen molar-refractivity contribution >= 4 is 18.1 Å². The van der Waals surface area contributed by atoms with E-state index in [4.69, 9.17) is 18.0 Å². The van der Waals surface area contributed by atoms with E-state index < -0.39 is 0 Å². The summed E-state index contributed by atoms with van der Waals surface area (Å²) in [7, 11) is 0. The van der Waals surface area contributed by atoms with Crippen molar-refractivity contribution in [2.45, 2.75) is 32.7 Å². The Bertz CT molecular complexity index is 378. The number of hydrogen-bond donors (Lipinski definition) is 2. The molecule has 0 aliphatic heterocycles. The molecule has 0 radical (unpaired) electrons. The monoisotopic (exact) mass is 213 g/mol. The first kappa shape index (κ1) is 11.0. The first-order valence-electron chi connectivity index (χ1n) is 4.58. The standard InChI is InChI=1S/C9H15N3OS/c1-6(2)7-5-11-9(14)12(7)4-3-8(10)13/h5-6H,3-4H2,1-2H3,(H2,10,13)(H,11,14). The molecular formula is C9H15N3OS. The average Bonchev–Trinajstić information content (AvgIpc) is 2.43. The minimum atomic E-state index is -0.303. The van der Waals surface area contributed by atoms with E-state index >= 15 is 0 Å². The van der Waals surface area contributed by atoms with Gasteiger partial charge in [0.2, 0.25) is 5.91 Å². The van der Waals surface area contributed by atoms with Crippen LogP contribution in [0.25, 0.3) is 0 Å². The molecule has 1 aromatic heterocycles. The lowest BCUT2D eigenvalue weighted by molar-refractivity contribution is -0.118. The molecule has 4 nitrogen and oxygen atoms in total. The largest absolute Gasteiger partial charge is 0.370 e. The highest BCUT2D eigenvalue weighted by Gasteiger charge is 2.08. The number of aromatic amines is 1. The van der Waals surface area contributed by atoms with Crippen molar-refractivity contribution in [2.75, 3.05) is 0 Å². The fourth-order valence-corrected chi connectivity index (χ4v) is 1.60. The lowest BCUT2D eigenvalue weighted by atomic mass is 10.1. The fourth-order valence-electron chi connectivity index (χ4n) is 1.34. The number of H-pyrrole nitrogens is 1. The number of aromatic nitrogens is 2. The van der Waals surface area contributed by atoms with Crippen molar-refractivity contribution in [2.24, 2.45) is 5.73 Å². The Kier molecular flexibility index (Phi) is 3.46. The third-order valence-electron chi connectivity index (χ3n) is 2.07. The molecule has 0 atom stereocenters. The molecule has 5 heteroatoms. The molecule has 0 aliphatic rings. The molecule has 1 aromatic rings. The van der Waals surface area contributed by atoms with E-state index in [2.05, 4.69) is 18.8 Å². The average molecular weight is 213 g/mol. The van der Waals surface area contributed by atoms with Gasteiger partial charge in [-0.25, -0.2) is 0 Å². The number of carbonyl (C=O) groups is 1. The van der Waals surface area contributed by atoms with Crippen LogP contribution in [0.15, 0.2) is 6.20 Å². The highest BCUT2D eigenvalue weighted by atomic mass is 32.1. The summed E-state index contributed by atoms with van der Waals surface area (Å²) < 4.78 is 2.57. The Morgan fingerprint density at radius 2 is 2.36 bits per heavy atom. The van der Waals surface area contributed by atoms with E-state index in [1.54, 1.807) is 0 Å². The molecule has 78 valence electrons. The number of nitrogens with zero attached hydrogens (tertiary/aromatic N) is 1. The summed E-state index contributed by atoms with van der Waals surface area (Å²) in [5.41, 5.74) is 6.20. The molecule has 14 heavy (non-hydrogen) atoms. The molecule has 1 amide bonds. The fraction of sp³-hybridized carbons (Fsp3) is 0.556. The quantitative estimate of drug-likeness (QED) is 0.745. The van der Waals surface area contributed by atoms with Gasteiger partial charge in [-0.05, 0) is 18.1 Å². The molecule has 1 heterocycles. The van der Waals surface area contributed by atoms with Crippen LogP contribution in [0.5, 0.6) is 0 Å². The third-order valence-corrected chi connectivity index (χ3v) is 2.41. The van der Waals surface area contributed by atoms with Crippen LogP contribution in [0, 0.1) is 4.77 Å². The summed E-state index contributed by atoms with van der Waals surface area (Å²) in [6.07, 6.45) is 2.21. The Labute approximate surface area is 88.1 Å². The number of nitrogens with one attached hydrogen (secondary N) is 1. The zero-order valence-corrected chi connectivity index (χ0v) is 9.23. The van der Waals surface area contributed by atoms with E-state index in [-0.39, 0.29) is 5.91 Å². The summed E-state index contributed by atoms with van der Waals surface area (Å²) in [4.78, 5) is 13.6. The first-order chi connectivity index (χ1) is 6.52. The maximum atomic E-state index is 10.7. The van der Waals surface area contributed by atoms with E-state index in [9.17, 15) is 4.79 Å². The van der Waals surface area contributed by atoms with Gasteiger partial charge >= 0.3 is 0 Å². The van der Waals surface area contributed by atoms with E-state index in [1.165, 1.54) is 0 Å². The maximum Gasteiger partial charge on any atom is 0.219 e. The highest BCUT2D eigenvalue weighted by Crippen LogP contribution is 2.14. The molecule has 0 spiro atoms. The van der Waals surface area contributed by atoms with Gasteiger partial charge in [0.25, 0.3) is 0 Å². The molecule has 0 fully saturated rings. The second kappa shape index (κ2) is 4.41. The molecule has 0 aliphatic carbocycles. The van der Waals surface area contributed by atoms with E-state index in [1.807, 2.05) is 10.8 Å². The molecular weight excluding hydrogens is 198 g/mol. The second-order valence-electron chi connectivity index (χ2n) is 3.54. The molecule has 3 N–H and O–H groups in total. The minimum Gasteiger partial charge on any atom is -0.370 e. The van der Waals surface area contributed by atoms with Crippen molar-refractivity contribution in [3.63, 3.8) is 0 Å². The minimum absolute atomic E-state index is 0.303. The third kappa shape index (κ3) is 2.45. The van der Waals surface area contributed by atoms with Crippen LogP contribution in [0.3, 0.4) is 0 Å². The van der Waals surface area contributed by atoms with Crippen molar-refractivity contribution in [1.82, 2.24) is 9.55 Å². The lowest BCUT2D eigenvalue weighted by Crippen LogP contribution is -2.15. The summed E-state index contributed by atoms with van der Waals surface area (Å²) in [5.74, 6) is 0.0821. The van der Waals surface area contributed by atoms with Crippen molar-refractivity contribution in [3.8, 4) is 0 Å². The van der Waals surface area contributed by atoms with Gasteiger partial charge in [0, 0.05) is 24.9 Å². The zero-order chi connectivity index (χ0) is 10.7. The number of carbonyl (C=O) groups excluding carboxylic acids is 1. The zero-order valence-electron chi connectivity index (χ0n) is 8.41. The van der Waals surface area contributed by atoms with Crippen LogP contribution in [-0.2, 0) is 11.3 Å². The van der Waals surface area contributed by atoms with Crippen molar-refractivity contribution in [3.05, 3.63) is 16.7 Å². The Morgan fingerprint density at radius 1 is 1.71 bits per heavy atom. The first-order valence-corrected chi connectivity index (χ1v) is 4.99. The number of rotatable bonds is 4. The predicted molar refractivity (Wildman–Crippen MR) is 57.5 cm³/mol. The summed E-state index contributed by atoms with van der Waals surface area (Å²) in [5, 5.41) is 0. The molecule has 0 saturated heterocycles. The summed E-state index contributed by atoms with van der Waals surface area (Å²) >= 11 is 5.10. The molecule has 0 aromatic carbocycles. The van der Waals surface area contributed by atoms with Crippen LogP contribution >= 0.6 is 12.2 Å². The Morgan fingerprint density at radius 3 is 2.86 bits per heavy atom. The van der Waals surface area contributed by atoms with Gasteiger partial charge in [0.05, 0.1) is 0 Å². The van der Waals surface area contributed by atoms with E-state index in [0.29, 0.717) is 23.7 Å². The van der Waals surface area contributed by atoms with Crippen LogP contribution < -0.4 is 5.73 Å². The number of imidazole rings is 1. The predicted octanol–water partition coefficient (Wildman–Crippen LogP) is 1.54. The number of amides is 1. The molecule has 0 unspecified atom stereocenters. The molecule has 0 saturated carbocycles. The number of nitrogens with two attached hydrogens (primary N) is 1. The SMILES string of the molecule is CC(C)c1c[nH]c(=S)n1CCC(N)=O. The van der Waals surface area contributed by atoms with Gasteiger partial charge in [0.15, 0.2) is 4.77 Å². The van der Waals surface area contributed by atoms with Crippen molar-refractivity contribution < 1.29 is 4.79 Å². The van der Waals surface area contributed by atoms with Crippen molar-refractivity contribution in [1.29, 1.82) is 0 Å². The second-order valence-corrected chi connectivity index (χ2v) is 3.93. The maximum absolute atomic E-state index is 10.7. The van der Waals surface area contributed by atoms with E-state index in [0.717, 1.165) is 5.69 Å². The number of primary amides is 1. The van der Waals surface area contributed by atoms with Crippen LogP contribution in [0.2, 0.25) is 0 Å². The topological polar surface area (TPSA) is 63.8 Å². The number of hydrogen-bond acceptors (Lipinski definition) is 2. The van der Waals surface area contributed by atoms with Crippen LogP contribution in [0.4, 0.5) is 0 Å². The normalized spacial score (nSPS) is 10.8. The van der Waals surface area contributed by atoms with Gasteiger partial charge in [0.1, 0.15) is 0 Å². The van der Waals surface area contributed by atoms with Gasteiger partial charge in [-0.3, -0.25) is 4.79 Å². The lowest BCUT2D eigenvalue weighted by Gasteiger charge is -2.09. The van der Waals surface area contributed by atoms with Gasteiger partial charge < -0.3 is 15.3 Å². The Balaban J connectivity index is 2.88. The van der Waals surface area contributed by atoms with Gasteiger partial charge in [-0.15, -0.1) is 0 Å². The van der Waals surface area contributed by atoms with Gasteiger partial charge in [-0.1, -0.05) is 13.8 Å². The molecule has 1 rings (SSSR count). The highest BCUT2D eigenvalue weighted by molar-refractivity contribution is 7.71. The van der Waals surface area contributed by atoms with Crippen LogP contribution in [0.1, 0.15) is 31.9 Å². The molecule has 0 bridgehead atoms.